The highest BCUT2D eigenvalue weighted by atomic mass is 16.5. The second-order valence-corrected chi connectivity index (χ2v) is 12.9. The largest absolute Gasteiger partial charge is 0.480 e. The Morgan fingerprint density at radius 3 is 2.23 bits per heavy atom. The van der Waals surface area contributed by atoms with Crippen molar-refractivity contribution < 1.29 is 24.2 Å². The molecule has 0 bridgehead atoms. The Hall–Kier alpha value is -4.16. The topological polar surface area (TPSA) is 98.9 Å². The number of esters is 1. The molecule has 6 heteroatoms. The molecule has 1 atom stereocenters. The number of rotatable bonds is 12. The van der Waals surface area contributed by atoms with Crippen molar-refractivity contribution in [3.05, 3.63) is 111 Å². The first-order chi connectivity index (χ1) is 22.2. The zero-order valence-corrected chi connectivity index (χ0v) is 30.1. The number of ether oxygens (including phenoxy) is 2. The SMILES string of the molecule is CC.CC1=C(C/C=C/C(C)=C/C=C/C(C)=C/C(=O)Oc2ccc(Oc3c(C)cc(CC(N)C(=O)O)cc3C)cc2C)C(C)(C)CCC1. The van der Waals surface area contributed by atoms with Gasteiger partial charge in [0.05, 0.1) is 0 Å². The summed E-state index contributed by atoms with van der Waals surface area (Å²) in [7, 11) is 0. The fourth-order valence-corrected chi connectivity index (χ4v) is 5.84. The van der Waals surface area contributed by atoms with Crippen LogP contribution in [0.3, 0.4) is 0 Å². The van der Waals surface area contributed by atoms with Gasteiger partial charge in [-0.05, 0) is 125 Å². The summed E-state index contributed by atoms with van der Waals surface area (Å²) >= 11 is 0. The number of carboxylic acid groups (broad SMARTS) is 1. The standard InChI is InChI=1S/C39H49NO5.C2H6/c1-25(13-10-16-33-27(3)15-11-19-39(33,7)8)12-9-14-26(2)20-36(41)45-35-18-17-32(23-28(35)4)44-37-29(5)21-31(22-30(37)6)24-34(40)38(42)43;1-2/h9-10,12-14,17-18,20-23,34H,11,15-16,19,24,40H2,1-8H3,(H,42,43);1-2H3/b13-10+,14-9+,25-12+,26-20+;. The van der Waals surface area contributed by atoms with Gasteiger partial charge in [-0.2, -0.15) is 0 Å². The van der Waals surface area contributed by atoms with Crippen molar-refractivity contribution in [2.24, 2.45) is 11.1 Å². The Labute approximate surface area is 282 Å². The van der Waals surface area contributed by atoms with Crippen LogP contribution in [-0.2, 0) is 16.0 Å². The summed E-state index contributed by atoms with van der Waals surface area (Å²) in [4.78, 5) is 23.7. The predicted molar refractivity (Wildman–Crippen MR) is 194 cm³/mol. The molecule has 6 nitrogen and oxygen atoms in total. The molecule has 1 unspecified atom stereocenters. The van der Waals surface area contributed by atoms with E-state index in [9.17, 15) is 9.59 Å². The maximum Gasteiger partial charge on any atom is 0.336 e. The van der Waals surface area contributed by atoms with Crippen molar-refractivity contribution in [3.8, 4) is 17.2 Å². The number of aliphatic carboxylic acids is 1. The molecule has 2 aromatic rings. The van der Waals surface area contributed by atoms with Crippen molar-refractivity contribution in [1.29, 1.82) is 0 Å². The Bertz CT molecular complexity index is 1550. The molecule has 3 N–H and O–H groups in total. The highest BCUT2D eigenvalue weighted by Gasteiger charge is 2.27. The van der Waals surface area contributed by atoms with Crippen LogP contribution in [0.5, 0.6) is 17.2 Å². The van der Waals surface area contributed by atoms with Crippen molar-refractivity contribution in [2.45, 2.75) is 107 Å². The molecular weight excluding hydrogens is 586 g/mol. The summed E-state index contributed by atoms with van der Waals surface area (Å²) < 4.78 is 11.8. The Morgan fingerprint density at radius 2 is 1.64 bits per heavy atom. The van der Waals surface area contributed by atoms with Crippen LogP contribution in [-0.4, -0.2) is 23.1 Å². The number of hydrogen-bond donors (Lipinski definition) is 2. The number of carbonyl (C=O) groups excluding carboxylic acids is 1. The van der Waals surface area contributed by atoms with Crippen LogP contribution in [0.1, 0.15) is 96.4 Å². The van der Waals surface area contributed by atoms with E-state index in [1.165, 1.54) is 25.3 Å². The zero-order chi connectivity index (χ0) is 35.3. The molecule has 0 aliphatic heterocycles. The molecule has 254 valence electrons. The second kappa shape index (κ2) is 18.2. The van der Waals surface area contributed by atoms with Gasteiger partial charge in [-0.25, -0.2) is 4.79 Å². The van der Waals surface area contributed by atoms with Crippen LogP contribution in [0.4, 0.5) is 0 Å². The first kappa shape index (κ1) is 39.0. The fourth-order valence-electron chi connectivity index (χ4n) is 5.84. The minimum absolute atomic E-state index is 0.241. The second-order valence-electron chi connectivity index (χ2n) is 12.9. The summed E-state index contributed by atoms with van der Waals surface area (Å²) in [6.45, 7) is 20.6. The van der Waals surface area contributed by atoms with Gasteiger partial charge in [0, 0.05) is 6.08 Å². The van der Waals surface area contributed by atoms with Crippen LogP contribution in [0, 0.1) is 26.2 Å². The Balaban J connectivity index is 0.00000376. The molecule has 2 aromatic carbocycles. The van der Waals surface area contributed by atoms with Crippen LogP contribution < -0.4 is 15.2 Å². The normalized spacial score (nSPS) is 15.8. The van der Waals surface area contributed by atoms with Gasteiger partial charge in [0.25, 0.3) is 0 Å². The van der Waals surface area contributed by atoms with Gasteiger partial charge in [0.1, 0.15) is 23.3 Å². The molecule has 0 aromatic heterocycles. The number of allylic oxidation sites excluding steroid dienone is 9. The first-order valence-corrected chi connectivity index (χ1v) is 16.6. The molecule has 1 aliphatic rings. The summed E-state index contributed by atoms with van der Waals surface area (Å²) in [5.74, 6) is 0.276. The number of aryl methyl sites for hydroxylation is 3. The summed E-state index contributed by atoms with van der Waals surface area (Å²) in [6, 6.07) is 8.12. The van der Waals surface area contributed by atoms with Gasteiger partial charge in [-0.1, -0.05) is 86.9 Å². The van der Waals surface area contributed by atoms with E-state index in [1.54, 1.807) is 23.3 Å². The highest BCUT2D eigenvalue weighted by Crippen LogP contribution is 2.42. The van der Waals surface area contributed by atoms with Gasteiger partial charge < -0.3 is 20.3 Å². The monoisotopic (exact) mass is 641 g/mol. The number of carbonyl (C=O) groups is 2. The molecule has 0 heterocycles. The lowest BCUT2D eigenvalue weighted by molar-refractivity contribution is -0.138. The van der Waals surface area contributed by atoms with E-state index >= 15 is 0 Å². The summed E-state index contributed by atoms with van der Waals surface area (Å²) in [6.07, 6.45) is 16.7. The average Bonchev–Trinajstić information content (AvgIpc) is 2.98. The molecule has 0 spiro atoms. The highest BCUT2D eigenvalue weighted by molar-refractivity contribution is 5.85. The predicted octanol–water partition coefficient (Wildman–Crippen LogP) is 10.2. The number of carboxylic acids is 1. The number of benzene rings is 2. The molecule has 0 saturated heterocycles. The van der Waals surface area contributed by atoms with Crippen LogP contribution in [0.25, 0.3) is 0 Å². The molecule has 47 heavy (non-hydrogen) atoms. The average molecular weight is 642 g/mol. The van der Waals surface area contributed by atoms with E-state index in [1.807, 2.05) is 78.0 Å². The van der Waals surface area contributed by atoms with Gasteiger partial charge in [-0.3, -0.25) is 4.79 Å². The lowest BCUT2D eigenvalue weighted by atomic mass is 9.71. The smallest absolute Gasteiger partial charge is 0.336 e. The summed E-state index contributed by atoms with van der Waals surface area (Å²) in [5.41, 5.74) is 14.4. The maximum absolute atomic E-state index is 12.6. The molecule has 1 aliphatic carbocycles. The molecule has 0 saturated carbocycles. The van der Waals surface area contributed by atoms with E-state index in [2.05, 4.69) is 39.8 Å². The third kappa shape index (κ3) is 12.2. The molecule has 0 amide bonds. The zero-order valence-electron chi connectivity index (χ0n) is 30.1. The van der Waals surface area contributed by atoms with Crippen molar-refractivity contribution in [2.75, 3.05) is 0 Å². The van der Waals surface area contributed by atoms with Gasteiger partial charge in [0.15, 0.2) is 0 Å². The van der Waals surface area contributed by atoms with Crippen molar-refractivity contribution in [3.63, 3.8) is 0 Å². The molecule has 0 fully saturated rings. The third-order valence-corrected chi connectivity index (χ3v) is 8.32. The molecule has 3 rings (SSSR count). The number of nitrogens with two attached hydrogens (primary N) is 1. The quantitative estimate of drug-likeness (QED) is 0.0787. The van der Waals surface area contributed by atoms with E-state index < -0.39 is 18.0 Å². The van der Waals surface area contributed by atoms with Crippen molar-refractivity contribution >= 4 is 11.9 Å². The molecular formula is C41H55NO5. The van der Waals surface area contributed by atoms with Gasteiger partial charge in [-0.15, -0.1) is 0 Å². The fraction of sp³-hybridized carbons (Fsp3) is 0.415. The van der Waals surface area contributed by atoms with Crippen LogP contribution >= 0.6 is 0 Å². The maximum atomic E-state index is 12.6. The van der Waals surface area contributed by atoms with Gasteiger partial charge >= 0.3 is 11.9 Å². The van der Waals surface area contributed by atoms with Crippen molar-refractivity contribution in [1.82, 2.24) is 0 Å². The van der Waals surface area contributed by atoms with E-state index in [-0.39, 0.29) is 11.8 Å². The minimum Gasteiger partial charge on any atom is -0.480 e. The number of hydrogen-bond acceptors (Lipinski definition) is 5. The van der Waals surface area contributed by atoms with E-state index in [4.69, 9.17) is 20.3 Å². The Morgan fingerprint density at radius 1 is 0.979 bits per heavy atom. The lowest BCUT2D eigenvalue weighted by Gasteiger charge is -2.34. The third-order valence-electron chi connectivity index (χ3n) is 8.32. The van der Waals surface area contributed by atoms with Crippen LogP contribution in [0.15, 0.2) is 89.1 Å². The van der Waals surface area contributed by atoms with Crippen LogP contribution in [0.2, 0.25) is 0 Å². The lowest BCUT2D eigenvalue weighted by Crippen LogP contribution is -2.32. The van der Waals surface area contributed by atoms with Gasteiger partial charge in [0.2, 0.25) is 0 Å². The van der Waals surface area contributed by atoms with E-state index in [0.29, 0.717) is 17.2 Å². The Kier molecular flexibility index (Phi) is 15.2. The first-order valence-electron chi connectivity index (χ1n) is 16.6. The molecule has 0 radical (unpaired) electrons. The minimum atomic E-state index is -1.03. The van der Waals surface area contributed by atoms with E-state index in [0.717, 1.165) is 39.8 Å². The summed E-state index contributed by atoms with van der Waals surface area (Å²) in [5, 5.41) is 9.11.